The summed E-state index contributed by atoms with van der Waals surface area (Å²) in [7, 11) is 0.0758. The average molecular weight is 178 g/mol. The first-order valence-corrected chi connectivity index (χ1v) is 6.34. The van der Waals surface area contributed by atoms with Gasteiger partial charge >= 0.3 is 0 Å². The van der Waals surface area contributed by atoms with Crippen LogP contribution < -0.4 is 0 Å². The minimum atomic E-state index is 0.0758. The minimum absolute atomic E-state index is 0.0758. The van der Waals surface area contributed by atoms with Crippen LogP contribution in [0, 0.1) is 0 Å². The van der Waals surface area contributed by atoms with E-state index in [1.807, 2.05) is 6.07 Å². The van der Waals surface area contributed by atoms with E-state index in [9.17, 15) is 0 Å². The number of hydrogen-bond donors (Lipinski definition) is 0. The van der Waals surface area contributed by atoms with Gasteiger partial charge in [0, 0.05) is 0 Å². The fourth-order valence-corrected chi connectivity index (χ4v) is 1.33. The van der Waals surface area contributed by atoms with Crippen molar-refractivity contribution in [1.29, 1.82) is 0 Å². The van der Waals surface area contributed by atoms with E-state index in [2.05, 4.69) is 50.6 Å². The third-order valence-corrected chi connectivity index (χ3v) is 3.42. The molecular weight excluding hydrogens is 163 g/mol. The lowest BCUT2D eigenvalue weighted by atomic mass is 10.2. The zero-order chi connectivity index (χ0) is 8.97. The van der Waals surface area contributed by atoms with Gasteiger partial charge in [0.2, 0.25) is 0 Å². The summed E-state index contributed by atoms with van der Waals surface area (Å²) in [6.45, 7) is 6.77. The van der Waals surface area contributed by atoms with Gasteiger partial charge in [-0.25, -0.2) is 0 Å². The van der Waals surface area contributed by atoms with Crippen LogP contribution >= 0.6 is 7.92 Å². The Labute approximate surface area is 76.1 Å². The lowest BCUT2D eigenvalue weighted by Gasteiger charge is -2.04. The Balaban J connectivity index is 2.81. The van der Waals surface area contributed by atoms with E-state index in [-0.39, 0.29) is 7.92 Å². The molecule has 1 aromatic carbocycles. The predicted molar refractivity (Wildman–Crippen MR) is 58.9 cm³/mol. The van der Waals surface area contributed by atoms with Crippen LogP contribution in [-0.4, -0.2) is 13.3 Å². The number of hydrogen-bond acceptors (Lipinski definition) is 0. The summed E-state index contributed by atoms with van der Waals surface area (Å²) >= 11 is 0. The highest BCUT2D eigenvalue weighted by Crippen LogP contribution is 2.36. The van der Waals surface area contributed by atoms with Crippen LogP contribution in [0.15, 0.2) is 35.6 Å². The maximum absolute atomic E-state index is 2.28. The molecule has 0 spiro atoms. The Kier molecular flexibility index (Phi) is 3.49. The van der Waals surface area contributed by atoms with Crippen molar-refractivity contribution in [2.24, 2.45) is 0 Å². The van der Waals surface area contributed by atoms with Crippen molar-refractivity contribution in [3.8, 4) is 0 Å². The lowest BCUT2D eigenvalue weighted by molar-refractivity contribution is 1.62. The van der Waals surface area contributed by atoms with Gasteiger partial charge in [0.1, 0.15) is 0 Å². The van der Waals surface area contributed by atoms with Gasteiger partial charge in [0.05, 0.1) is 0 Å². The molecular formula is C11H15P. The Morgan fingerprint density at radius 3 is 2.25 bits per heavy atom. The van der Waals surface area contributed by atoms with E-state index in [0.717, 1.165) is 0 Å². The van der Waals surface area contributed by atoms with E-state index in [0.29, 0.717) is 0 Å². The Morgan fingerprint density at radius 1 is 1.17 bits per heavy atom. The van der Waals surface area contributed by atoms with Gasteiger partial charge in [0.25, 0.3) is 0 Å². The van der Waals surface area contributed by atoms with Crippen molar-refractivity contribution in [2.45, 2.75) is 6.92 Å². The molecule has 0 aliphatic carbocycles. The van der Waals surface area contributed by atoms with Crippen LogP contribution in [0.1, 0.15) is 12.5 Å². The number of rotatable bonds is 2. The molecule has 0 fully saturated rings. The molecule has 0 aliphatic rings. The fraction of sp³-hybridized carbons (Fsp3) is 0.273. The number of benzene rings is 1. The van der Waals surface area contributed by atoms with E-state index in [1.54, 1.807) is 0 Å². The quantitative estimate of drug-likeness (QED) is 0.604. The highest BCUT2D eigenvalue weighted by molar-refractivity contribution is 7.60. The summed E-state index contributed by atoms with van der Waals surface area (Å²) < 4.78 is 0. The minimum Gasteiger partial charge on any atom is -0.0864 e. The Morgan fingerprint density at radius 2 is 1.75 bits per heavy atom. The standard InChI is InChI=1S/C11H15P/c1-10(12(2)3)9-11-7-5-4-6-8-11/h4-9H,1-3H3. The third kappa shape index (κ3) is 2.79. The third-order valence-electron chi connectivity index (χ3n) is 1.88. The number of allylic oxidation sites excluding steroid dienone is 1. The molecule has 0 radical (unpaired) electrons. The molecule has 0 amide bonds. The van der Waals surface area contributed by atoms with Gasteiger partial charge in [-0.15, -0.1) is 0 Å². The largest absolute Gasteiger partial charge is 0.0864 e. The highest BCUT2D eigenvalue weighted by Gasteiger charge is 1.94. The van der Waals surface area contributed by atoms with Gasteiger partial charge in [-0.1, -0.05) is 44.3 Å². The monoisotopic (exact) mass is 178 g/mol. The average Bonchev–Trinajstić information content (AvgIpc) is 2.06. The summed E-state index contributed by atoms with van der Waals surface area (Å²) in [5.41, 5.74) is 1.31. The van der Waals surface area contributed by atoms with E-state index in [1.165, 1.54) is 10.9 Å². The summed E-state index contributed by atoms with van der Waals surface area (Å²) in [6, 6.07) is 10.5. The van der Waals surface area contributed by atoms with Crippen LogP contribution in [0.2, 0.25) is 0 Å². The van der Waals surface area contributed by atoms with Gasteiger partial charge in [-0.3, -0.25) is 0 Å². The summed E-state index contributed by atoms with van der Waals surface area (Å²) in [5, 5.41) is 1.50. The molecule has 1 rings (SSSR count). The van der Waals surface area contributed by atoms with Gasteiger partial charge < -0.3 is 0 Å². The first kappa shape index (κ1) is 9.48. The van der Waals surface area contributed by atoms with Crippen LogP contribution in [0.3, 0.4) is 0 Å². The zero-order valence-electron chi connectivity index (χ0n) is 7.91. The second kappa shape index (κ2) is 4.42. The van der Waals surface area contributed by atoms with E-state index >= 15 is 0 Å². The highest BCUT2D eigenvalue weighted by atomic mass is 31.1. The van der Waals surface area contributed by atoms with Crippen molar-refractivity contribution in [3.63, 3.8) is 0 Å². The molecule has 0 heterocycles. The topological polar surface area (TPSA) is 0 Å². The van der Waals surface area contributed by atoms with Gasteiger partial charge in [0.15, 0.2) is 0 Å². The normalized spacial score (nSPS) is 12.2. The van der Waals surface area contributed by atoms with Gasteiger partial charge in [-0.2, -0.15) is 0 Å². The van der Waals surface area contributed by atoms with Crippen LogP contribution in [0.4, 0.5) is 0 Å². The van der Waals surface area contributed by atoms with Crippen molar-refractivity contribution >= 4 is 14.0 Å². The molecule has 64 valence electrons. The fourth-order valence-electron chi connectivity index (χ4n) is 0.920. The summed E-state index contributed by atoms with van der Waals surface area (Å²) in [5.74, 6) is 0. The van der Waals surface area contributed by atoms with Crippen molar-refractivity contribution in [1.82, 2.24) is 0 Å². The van der Waals surface area contributed by atoms with Crippen LogP contribution in [0.25, 0.3) is 6.08 Å². The summed E-state index contributed by atoms with van der Waals surface area (Å²) in [6.07, 6.45) is 2.27. The molecule has 0 N–H and O–H groups in total. The van der Waals surface area contributed by atoms with Crippen molar-refractivity contribution < 1.29 is 0 Å². The molecule has 0 saturated heterocycles. The molecule has 1 aromatic rings. The zero-order valence-corrected chi connectivity index (χ0v) is 8.81. The predicted octanol–water partition coefficient (Wildman–Crippen LogP) is 3.79. The van der Waals surface area contributed by atoms with Gasteiger partial charge in [-0.05, 0) is 31.1 Å². The first-order chi connectivity index (χ1) is 5.70. The van der Waals surface area contributed by atoms with Crippen molar-refractivity contribution in [2.75, 3.05) is 13.3 Å². The molecule has 0 aromatic heterocycles. The SMILES string of the molecule is CC(=Cc1ccccc1)P(C)C. The van der Waals surface area contributed by atoms with E-state index in [4.69, 9.17) is 0 Å². The molecule has 0 unspecified atom stereocenters. The second-order valence-electron chi connectivity index (χ2n) is 3.09. The lowest BCUT2D eigenvalue weighted by Crippen LogP contribution is -1.73. The molecule has 0 nitrogen and oxygen atoms in total. The van der Waals surface area contributed by atoms with Crippen LogP contribution in [0.5, 0.6) is 0 Å². The molecule has 0 bridgehead atoms. The smallest absolute Gasteiger partial charge is 0.0254 e. The van der Waals surface area contributed by atoms with Crippen LogP contribution in [-0.2, 0) is 0 Å². The molecule has 12 heavy (non-hydrogen) atoms. The molecule has 1 heteroatoms. The molecule has 0 atom stereocenters. The first-order valence-electron chi connectivity index (χ1n) is 4.11. The Bertz CT molecular complexity index is 260. The second-order valence-corrected chi connectivity index (χ2v) is 5.59. The van der Waals surface area contributed by atoms with Crippen molar-refractivity contribution in [3.05, 3.63) is 41.2 Å². The molecule has 0 saturated carbocycles. The summed E-state index contributed by atoms with van der Waals surface area (Å²) in [4.78, 5) is 0. The Hall–Kier alpha value is -0.610. The van der Waals surface area contributed by atoms with E-state index < -0.39 is 0 Å². The maximum Gasteiger partial charge on any atom is -0.0254 e. The maximum atomic E-state index is 2.28. The molecule has 0 aliphatic heterocycles.